The molecular weight excluding hydrogens is 417 g/mol. The molecule has 3 rings (SSSR count). The molecule has 3 N–H and O–H groups in total. The van der Waals surface area contributed by atoms with Gasteiger partial charge in [-0.15, -0.1) is 0 Å². The molecule has 1 aliphatic rings. The summed E-state index contributed by atoms with van der Waals surface area (Å²) in [5.74, 6) is 0. The van der Waals surface area contributed by atoms with Crippen molar-refractivity contribution in [2.24, 2.45) is 0 Å². The molecule has 0 radical (unpaired) electrons. The summed E-state index contributed by atoms with van der Waals surface area (Å²) in [6.07, 6.45) is 3.64. The highest BCUT2D eigenvalue weighted by molar-refractivity contribution is 7.18. The molecule has 0 spiro atoms. The molecule has 2 heterocycles. The van der Waals surface area contributed by atoms with Crippen LogP contribution in [0.4, 0.5) is 9.93 Å². The molecule has 0 bridgehead atoms. The number of nitrogens with one attached hydrogen (secondary N) is 1. The number of nitrogens with two attached hydrogens (primary N) is 1. The quantitative estimate of drug-likeness (QED) is 0.732. The molecule has 2 amide bonds. The topological polar surface area (TPSA) is 74.5 Å². The number of amides is 2. The maximum atomic E-state index is 12.7. The van der Waals surface area contributed by atoms with Gasteiger partial charge in [-0.05, 0) is 45.5 Å². The van der Waals surface area contributed by atoms with Crippen LogP contribution >= 0.6 is 34.5 Å². The molecule has 1 atom stereocenters. The zero-order valence-corrected chi connectivity index (χ0v) is 18.5. The molecule has 9 heteroatoms. The van der Waals surface area contributed by atoms with E-state index in [1.807, 2.05) is 26.1 Å². The van der Waals surface area contributed by atoms with Crippen LogP contribution in [0.25, 0.3) is 10.4 Å². The minimum absolute atomic E-state index is 0.103. The van der Waals surface area contributed by atoms with Crippen molar-refractivity contribution in [3.63, 3.8) is 0 Å². The van der Waals surface area contributed by atoms with E-state index in [2.05, 4.69) is 22.2 Å². The van der Waals surface area contributed by atoms with Gasteiger partial charge in [-0.3, -0.25) is 0 Å². The number of carbonyl (C=O) groups is 1. The van der Waals surface area contributed by atoms with Crippen molar-refractivity contribution in [3.8, 4) is 10.4 Å². The van der Waals surface area contributed by atoms with Crippen LogP contribution in [0.3, 0.4) is 0 Å². The first-order valence-electron chi connectivity index (χ1n) is 9.19. The van der Waals surface area contributed by atoms with Gasteiger partial charge in [0.05, 0.1) is 21.0 Å². The predicted molar refractivity (Wildman–Crippen MR) is 117 cm³/mol. The molecule has 1 unspecified atom stereocenters. The highest BCUT2D eigenvalue weighted by atomic mass is 35.5. The van der Waals surface area contributed by atoms with Crippen LogP contribution in [0.15, 0.2) is 18.3 Å². The van der Waals surface area contributed by atoms with Gasteiger partial charge in [-0.25, -0.2) is 9.78 Å². The Morgan fingerprint density at radius 1 is 1.36 bits per heavy atom. The number of anilines is 1. The molecule has 1 aromatic carbocycles. The summed E-state index contributed by atoms with van der Waals surface area (Å²) in [6, 6.07) is 3.65. The highest BCUT2D eigenvalue weighted by Crippen LogP contribution is 2.40. The number of thiazole rings is 1. The summed E-state index contributed by atoms with van der Waals surface area (Å²) in [6.45, 7) is 3.91. The van der Waals surface area contributed by atoms with Crippen molar-refractivity contribution in [2.75, 3.05) is 32.9 Å². The van der Waals surface area contributed by atoms with Gasteiger partial charge in [0.25, 0.3) is 0 Å². The van der Waals surface area contributed by atoms with Crippen molar-refractivity contribution in [2.45, 2.75) is 31.8 Å². The van der Waals surface area contributed by atoms with Gasteiger partial charge in [0.15, 0.2) is 5.13 Å². The van der Waals surface area contributed by atoms with Crippen LogP contribution in [0.2, 0.25) is 10.0 Å². The number of carbonyl (C=O) groups excluding carboxylic acids is 1. The van der Waals surface area contributed by atoms with E-state index < -0.39 is 0 Å². The molecule has 1 aliphatic heterocycles. The van der Waals surface area contributed by atoms with Crippen molar-refractivity contribution in [1.29, 1.82) is 0 Å². The second-order valence-electron chi connectivity index (χ2n) is 7.21. The molecular formula is C19H25Cl2N5OS. The molecule has 2 aromatic rings. The number of urea groups is 1. The van der Waals surface area contributed by atoms with E-state index in [-0.39, 0.29) is 18.1 Å². The molecule has 152 valence electrons. The van der Waals surface area contributed by atoms with E-state index in [0.29, 0.717) is 15.2 Å². The Bertz CT molecular complexity index is 851. The van der Waals surface area contributed by atoms with E-state index in [1.165, 1.54) is 11.3 Å². The predicted octanol–water partition coefficient (Wildman–Crippen LogP) is 4.50. The zero-order valence-electron chi connectivity index (χ0n) is 16.2. The number of halogens is 2. The Kier molecular flexibility index (Phi) is 6.70. The van der Waals surface area contributed by atoms with Crippen molar-refractivity contribution >= 4 is 45.7 Å². The number of hydrogen-bond donors (Lipinski definition) is 2. The lowest BCUT2D eigenvalue weighted by atomic mass is 10.0. The first-order valence-corrected chi connectivity index (χ1v) is 10.8. The summed E-state index contributed by atoms with van der Waals surface area (Å²) < 4.78 is 0. The number of aromatic nitrogens is 1. The van der Waals surface area contributed by atoms with Gasteiger partial charge < -0.3 is 20.9 Å². The Labute approximate surface area is 179 Å². The molecule has 1 aromatic heterocycles. The standard InChI is InChI=1S/C19H25Cl2N5OS/c1-11(24-19(27)26(3)12-6-8-25(2)9-7-12)13-4-5-14(17(21)16(13)20)15-10-23-18(22)28-15/h4-5,10-12H,6-9H2,1-3H3,(H2,22,23)(H,24,27). The van der Waals surface area contributed by atoms with Crippen LogP contribution in [-0.4, -0.2) is 54.0 Å². The fraction of sp³-hybridized carbons (Fsp3) is 0.474. The van der Waals surface area contributed by atoms with E-state index in [9.17, 15) is 4.79 Å². The van der Waals surface area contributed by atoms with Crippen LogP contribution in [0, 0.1) is 0 Å². The third kappa shape index (κ3) is 4.54. The smallest absolute Gasteiger partial charge is 0.317 e. The minimum Gasteiger partial charge on any atom is -0.375 e. The maximum absolute atomic E-state index is 12.7. The lowest BCUT2D eigenvalue weighted by Gasteiger charge is -2.35. The summed E-state index contributed by atoms with van der Waals surface area (Å²) in [7, 11) is 3.96. The normalized spacial score (nSPS) is 16.8. The number of piperidine rings is 1. The number of nitrogen functional groups attached to an aromatic ring is 1. The van der Waals surface area contributed by atoms with Crippen LogP contribution < -0.4 is 11.1 Å². The van der Waals surface area contributed by atoms with Gasteiger partial charge in [0.1, 0.15) is 0 Å². The van der Waals surface area contributed by atoms with E-state index in [4.69, 9.17) is 28.9 Å². The minimum atomic E-state index is -0.271. The largest absolute Gasteiger partial charge is 0.375 e. The Balaban J connectivity index is 1.71. The van der Waals surface area contributed by atoms with Gasteiger partial charge in [0, 0.05) is 24.8 Å². The van der Waals surface area contributed by atoms with E-state index >= 15 is 0 Å². The van der Waals surface area contributed by atoms with E-state index in [1.54, 1.807) is 11.1 Å². The average molecular weight is 442 g/mol. The highest BCUT2D eigenvalue weighted by Gasteiger charge is 2.25. The monoisotopic (exact) mass is 441 g/mol. The number of likely N-dealkylation sites (tertiary alicyclic amines) is 1. The van der Waals surface area contributed by atoms with Crippen molar-refractivity contribution in [3.05, 3.63) is 33.9 Å². The van der Waals surface area contributed by atoms with Crippen LogP contribution in [0.1, 0.15) is 31.4 Å². The molecule has 28 heavy (non-hydrogen) atoms. The lowest BCUT2D eigenvalue weighted by Crippen LogP contribution is -2.48. The number of hydrogen-bond acceptors (Lipinski definition) is 5. The second kappa shape index (κ2) is 8.86. The third-order valence-corrected chi connectivity index (χ3v) is 7.02. The summed E-state index contributed by atoms with van der Waals surface area (Å²) >= 11 is 14.4. The molecule has 0 saturated carbocycles. The summed E-state index contributed by atoms with van der Waals surface area (Å²) in [5.41, 5.74) is 7.27. The van der Waals surface area contributed by atoms with Crippen molar-refractivity contribution < 1.29 is 4.79 Å². The fourth-order valence-corrected chi connectivity index (χ4v) is 4.79. The zero-order chi connectivity index (χ0) is 20.4. The lowest BCUT2D eigenvalue weighted by molar-refractivity contribution is 0.146. The average Bonchev–Trinajstić information content (AvgIpc) is 3.09. The number of benzene rings is 1. The molecule has 0 aliphatic carbocycles. The van der Waals surface area contributed by atoms with Crippen LogP contribution in [0.5, 0.6) is 0 Å². The first kappa shape index (κ1) is 21.2. The number of nitrogens with zero attached hydrogens (tertiary/aromatic N) is 3. The Morgan fingerprint density at radius 3 is 2.64 bits per heavy atom. The van der Waals surface area contributed by atoms with Gasteiger partial charge >= 0.3 is 6.03 Å². The first-order chi connectivity index (χ1) is 13.3. The maximum Gasteiger partial charge on any atom is 0.317 e. The van der Waals surface area contributed by atoms with Crippen LogP contribution in [-0.2, 0) is 0 Å². The van der Waals surface area contributed by atoms with Gasteiger partial charge in [-0.1, -0.05) is 46.7 Å². The molecule has 1 fully saturated rings. The Hall–Kier alpha value is -1.54. The summed E-state index contributed by atoms with van der Waals surface area (Å²) in [5, 5.41) is 4.38. The third-order valence-electron chi connectivity index (χ3n) is 5.26. The molecule has 1 saturated heterocycles. The number of rotatable bonds is 4. The Morgan fingerprint density at radius 2 is 2.04 bits per heavy atom. The van der Waals surface area contributed by atoms with Gasteiger partial charge in [-0.2, -0.15) is 0 Å². The SMILES string of the molecule is CC(NC(=O)N(C)C1CCN(C)CC1)c1ccc(-c2cnc(N)s2)c(Cl)c1Cl. The summed E-state index contributed by atoms with van der Waals surface area (Å²) in [4.78, 5) is 21.7. The van der Waals surface area contributed by atoms with E-state index in [0.717, 1.165) is 41.9 Å². The van der Waals surface area contributed by atoms with Gasteiger partial charge in [0.2, 0.25) is 0 Å². The fourth-order valence-electron chi connectivity index (χ4n) is 3.41. The molecule has 6 nitrogen and oxygen atoms in total. The second-order valence-corrected chi connectivity index (χ2v) is 9.03. The van der Waals surface area contributed by atoms with Crippen molar-refractivity contribution in [1.82, 2.24) is 20.1 Å².